The number of nitrogens with zero attached hydrogens (tertiary/aromatic N) is 4. The minimum absolute atomic E-state index is 0.470. The van der Waals surface area contributed by atoms with Gasteiger partial charge in [0.1, 0.15) is 5.52 Å². The van der Waals surface area contributed by atoms with Crippen molar-refractivity contribution in [2.45, 2.75) is 12.5 Å². The fourth-order valence-corrected chi connectivity index (χ4v) is 2.92. The summed E-state index contributed by atoms with van der Waals surface area (Å²) in [6, 6.07) is 6.89. The molecule has 1 fully saturated rings. The smallest absolute Gasteiger partial charge is 0.113 e. The van der Waals surface area contributed by atoms with Crippen LogP contribution in [-0.4, -0.2) is 40.0 Å². The van der Waals surface area contributed by atoms with Gasteiger partial charge in [-0.15, -0.1) is 5.10 Å². The summed E-state index contributed by atoms with van der Waals surface area (Å²) in [6.07, 6.45) is 1.14. The Morgan fingerprint density at radius 1 is 1.39 bits per heavy atom. The standard InChI is InChI=1S/C13H19N5/c1-17-8-9(7-14)5-12(17)10-3-4-11-13(6-10)18(2)16-15-11/h3-4,6,9,12H,5,7-8,14H2,1-2H3. The van der Waals surface area contributed by atoms with Crippen molar-refractivity contribution >= 4 is 11.0 Å². The summed E-state index contributed by atoms with van der Waals surface area (Å²) in [5, 5.41) is 8.16. The Morgan fingerprint density at radius 2 is 2.22 bits per heavy atom. The van der Waals surface area contributed by atoms with E-state index in [1.54, 1.807) is 0 Å². The lowest BCUT2D eigenvalue weighted by Crippen LogP contribution is -2.20. The van der Waals surface area contributed by atoms with Crippen LogP contribution in [-0.2, 0) is 7.05 Å². The largest absolute Gasteiger partial charge is 0.330 e. The van der Waals surface area contributed by atoms with E-state index < -0.39 is 0 Å². The maximum atomic E-state index is 5.78. The normalized spacial score (nSPS) is 25.1. The molecule has 1 saturated heterocycles. The van der Waals surface area contributed by atoms with E-state index in [2.05, 4.69) is 40.5 Å². The van der Waals surface area contributed by atoms with Gasteiger partial charge in [-0.3, -0.25) is 4.90 Å². The number of aromatic nitrogens is 3. The molecule has 96 valence electrons. The number of nitrogens with two attached hydrogens (primary N) is 1. The molecule has 0 saturated carbocycles. The third-order valence-corrected chi connectivity index (χ3v) is 3.99. The fraction of sp³-hybridized carbons (Fsp3) is 0.538. The van der Waals surface area contributed by atoms with Gasteiger partial charge in [-0.05, 0) is 43.6 Å². The van der Waals surface area contributed by atoms with Crippen LogP contribution in [0.15, 0.2) is 18.2 Å². The highest BCUT2D eigenvalue weighted by Gasteiger charge is 2.29. The van der Waals surface area contributed by atoms with Crippen LogP contribution in [0, 0.1) is 5.92 Å². The predicted molar refractivity (Wildman–Crippen MR) is 71.0 cm³/mol. The van der Waals surface area contributed by atoms with Crippen molar-refractivity contribution in [3.63, 3.8) is 0 Å². The molecule has 0 amide bonds. The summed E-state index contributed by atoms with van der Waals surface area (Å²) in [5.74, 6) is 0.611. The Kier molecular flexibility index (Phi) is 2.80. The topological polar surface area (TPSA) is 60.0 Å². The predicted octanol–water partition coefficient (Wildman–Crippen LogP) is 0.920. The Bertz CT molecular complexity index is 562. The SMILES string of the molecule is CN1CC(CN)CC1c1ccc2nnn(C)c2c1. The Labute approximate surface area is 107 Å². The van der Waals surface area contributed by atoms with Crippen LogP contribution in [0.5, 0.6) is 0 Å². The van der Waals surface area contributed by atoms with Gasteiger partial charge in [-0.2, -0.15) is 0 Å². The average Bonchev–Trinajstić information content (AvgIpc) is 2.93. The van der Waals surface area contributed by atoms with Gasteiger partial charge in [-0.25, -0.2) is 4.68 Å². The maximum absolute atomic E-state index is 5.78. The molecule has 5 heteroatoms. The second-order valence-electron chi connectivity index (χ2n) is 5.25. The minimum atomic E-state index is 0.470. The van der Waals surface area contributed by atoms with Crippen LogP contribution in [0.4, 0.5) is 0 Å². The molecule has 2 aromatic rings. The fourth-order valence-electron chi connectivity index (χ4n) is 2.92. The third kappa shape index (κ3) is 1.79. The van der Waals surface area contributed by atoms with Gasteiger partial charge in [0.15, 0.2) is 0 Å². The van der Waals surface area contributed by atoms with Gasteiger partial charge in [0.05, 0.1) is 5.52 Å². The summed E-state index contributed by atoms with van der Waals surface area (Å²) in [4.78, 5) is 2.39. The molecule has 2 unspecified atom stereocenters. The molecule has 0 aliphatic carbocycles. The van der Waals surface area contributed by atoms with Crippen molar-refractivity contribution in [1.82, 2.24) is 19.9 Å². The molecular weight excluding hydrogens is 226 g/mol. The zero-order chi connectivity index (χ0) is 12.7. The van der Waals surface area contributed by atoms with Gasteiger partial charge in [0, 0.05) is 19.6 Å². The number of aryl methyl sites for hydroxylation is 1. The second-order valence-corrected chi connectivity index (χ2v) is 5.25. The van der Waals surface area contributed by atoms with Crippen LogP contribution in [0.25, 0.3) is 11.0 Å². The van der Waals surface area contributed by atoms with Crippen LogP contribution in [0.1, 0.15) is 18.0 Å². The third-order valence-electron chi connectivity index (χ3n) is 3.99. The first kappa shape index (κ1) is 11.6. The van der Waals surface area contributed by atoms with E-state index in [1.165, 1.54) is 5.56 Å². The van der Waals surface area contributed by atoms with Gasteiger partial charge in [0.25, 0.3) is 0 Å². The van der Waals surface area contributed by atoms with Gasteiger partial charge < -0.3 is 5.73 Å². The quantitative estimate of drug-likeness (QED) is 0.854. The van der Waals surface area contributed by atoms with Crippen molar-refractivity contribution in [3.8, 4) is 0 Å². The molecule has 1 aromatic carbocycles. The van der Waals surface area contributed by atoms with E-state index in [0.717, 1.165) is 30.5 Å². The molecule has 18 heavy (non-hydrogen) atoms. The van der Waals surface area contributed by atoms with E-state index in [-0.39, 0.29) is 0 Å². The van der Waals surface area contributed by atoms with E-state index in [9.17, 15) is 0 Å². The molecule has 2 N–H and O–H groups in total. The zero-order valence-electron chi connectivity index (χ0n) is 10.9. The number of hydrogen-bond acceptors (Lipinski definition) is 4. The zero-order valence-corrected chi connectivity index (χ0v) is 10.9. The summed E-state index contributed by atoms with van der Waals surface area (Å²) < 4.78 is 1.83. The van der Waals surface area contributed by atoms with Crippen LogP contribution in [0.3, 0.4) is 0 Å². The molecular formula is C13H19N5. The summed E-state index contributed by atoms with van der Waals surface area (Å²) in [5.41, 5.74) is 9.17. The van der Waals surface area contributed by atoms with Crippen LogP contribution >= 0.6 is 0 Å². The average molecular weight is 245 g/mol. The lowest BCUT2D eigenvalue weighted by molar-refractivity contribution is 0.314. The number of benzene rings is 1. The van der Waals surface area contributed by atoms with E-state index >= 15 is 0 Å². The molecule has 1 aromatic heterocycles. The molecule has 1 aliphatic rings. The summed E-state index contributed by atoms with van der Waals surface area (Å²) in [7, 11) is 4.10. The van der Waals surface area contributed by atoms with Gasteiger partial charge >= 0.3 is 0 Å². The molecule has 3 rings (SSSR count). The second kappa shape index (κ2) is 4.33. The molecule has 5 nitrogen and oxygen atoms in total. The van der Waals surface area contributed by atoms with Gasteiger partial charge in [0.2, 0.25) is 0 Å². The molecule has 0 spiro atoms. The molecule has 0 radical (unpaired) electrons. The number of likely N-dealkylation sites (tertiary alicyclic amines) is 1. The van der Waals surface area contributed by atoms with Crippen molar-refractivity contribution in [2.24, 2.45) is 18.7 Å². The van der Waals surface area contributed by atoms with Crippen LogP contribution < -0.4 is 5.73 Å². The Balaban J connectivity index is 1.96. The number of fused-ring (bicyclic) bond motifs is 1. The highest BCUT2D eigenvalue weighted by atomic mass is 15.4. The number of rotatable bonds is 2. The lowest BCUT2D eigenvalue weighted by Gasteiger charge is -2.19. The van der Waals surface area contributed by atoms with E-state index in [4.69, 9.17) is 5.73 Å². The van der Waals surface area contributed by atoms with Gasteiger partial charge in [-0.1, -0.05) is 11.3 Å². The van der Waals surface area contributed by atoms with E-state index in [1.807, 2.05) is 11.7 Å². The first-order valence-corrected chi connectivity index (χ1v) is 6.38. The van der Waals surface area contributed by atoms with Crippen LogP contribution in [0.2, 0.25) is 0 Å². The monoisotopic (exact) mass is 245 g/mol. The van der Waals surface area contributed by atoms with Crippen molar-refractivity contribution in [1.29, 1.82) is 0 Å². The first-order valence-electron chi connectivity index (χ1n) is 6.38. The number of hydrogen-bond donors (Lipinski definition) is 1. The minimum Gasteiger partial charge on any atom is -0.330 e. The molecule has 2 atom stereocenters. The van der Waals surface area contributed by atoms with E-state index in [0.29, 0.717) is 12.0 Å². The van der Waals surface area contributed by atoms with Crippen molar-refractivity contribution in [3.05, 3.63) is 23.8 Å². The lowest BCUT2D eigenvalue weighted by atomic mass is 9.99. The highest BCUT2D eigenvalue weighted by Crippen LogP contribution is 2.34. The first-order chi connectivity index (χ1) is 8.69. The Morgan fingerprint density at radius 3 is 2.94 bits per heavy atom. The summed E-state index contributed by atoms with van der Waals surface area (Å²) in [6.45, 7) is 1.86. The summed E-state index contributed by atoms with van der Waals surface area (Å²) >= 11 is 0. The molecule has 0 bridgehead atoms. The molecule has 1 aliphatic heterocycles. The van der Waals surface area contributed by atoms with Crippen molar-refractivity contribution < 1.29 is 0 Å². The highest BCUT2D eigenvalue weighted by molar-refractivity contribution is 5.75. The van der Waals surface area contributed by atoms with Crippen molar-refractivity contribution in [2.75, 3.05) is 20.1 Å². The molecule has 2 heterocycles. The maximum Gasteiger partial charge on any atom is 0.113 e. The Hall–Kier alpha value is -1.46.